The largest absolute Gasteiger partial charge is 0.453 e. The Bertz CT molecular complexity index is 2460. The number of benzene rings is 3. The van der Waals surface area contributed by atoms with Crippen LogP contribution >= 0.6 is 0 Å². The number of alkyl carbamates (subject to hydrolysis) is 2. The van der Waals surface area contributed by atoms with E-state index in [4.69, 9.17) is 19.4 Å². The summed E-state index contributed by atoms with van der Waals surface area (Å²) in [5, 5.41) is 7.60. The fraction of sp³-hybridized carbons (Fsp3) is 0.478. The Morgan fingerprint density at radius 1 is 0.787 bits per heavy atom. The third kappa shape index (κ3) is 8.11. The van der Waals surface area contributed by atoms with Crippen molar-refractivity contribution in [3.8, 4) is 22.4 Å². The molecule has 4 amide bonds. The molecule has 15 heteroatoms. The maximum absolute atomic E-state index is 14.3. The summed E-state index contributed by atoms with van der Waals surface area (Å²) in [6.07, 6.45) is 3.10. The summed E-state index contributed by atoms with van der Waals surface area (Å²) in [7, 11) is 1.16. The van der Waals surface area contributed by atoms with Crippen molar-refractivity contribution in [1.29, 1.82) is 0 Å². The van der Waals surface area contributed by atoms with E-state index in [0.29, 0.717) is 12.5 Å². The van der Waals surface area contributed by atoms with Crippen molar-refractivity contribution in [2.45, 2.75) is 102 Å². The van der Waals surface area contributed by atoms with E-state index in [1.54, 1.807) is 0 Å². The first kappa shape index (κ1) is 42.0. The number of likely N-dealkylation sites (tertiary alicyclic amines) is 2. The SMILES string of the molecule is COC(=O)NC(C(=O)N1C2C[Si](C)(C)CC2C[C@H]1c1ncc(-c2ccc(-c3ccc4c(ccc5[nH]c([C@@H]6CCCN6C(=O)[C@@H](NC(=O)OC)C(C)C)nc54)c3)cc2)[nH]1)C(C)C. The summed E-state index contributed by atoms with van der Waals surface area (Å²) in [6, 6.07) is 19.5. The minimum absolute atomic E-state index is 0.0747. The number of ether oxygens (including phenoxy) is 2. The molecule has 0 spiro atoms. The van der Waals surface area contributed by atoms with Crippen LogP contribution in [0.5, 0.6) is 0 Å². The number of methoxy groups -OCH3 is 2. The number of carbonyl (C=O) groups excluding carboxylic acids is 4. The number of imidazole rings is 2. The second-order valence-corrected chi connectivity index (χ2v) is 23.7. The Balaban J connectivity index is 1.01. The van der Waals surface area contributed by atoms with E-state index in [1.807, 2.05) is 49.8 Å². The minimum atomic E-state index is -1.45. The van der Waals surface area contributed by atoms with Gasteiger partial charge in [0.25, 0.3) is 0 Å². The van der Waals surface area contributed by atoms with Gasteiger partial charge in [0.05, 0.1) is 49.2 Å². The van der Waals surface area contributed by atoms with E-state index < -0.39 is 32.3 Å². The van der Waals surface area contributed by atoms with Crippen LogP contribution in [-0.2, 0) is 19.1 Å². The number of nitrogens with zero attached hydrogens (tertiary/aromatic N) is 4. The van der Waals surface area contributed by atoms with Crippen LogP contribution in [0.3, 0.4) is 0 Å². The van der Waals surface area contributed by atoms with Gasteiger partial charge in [-0.1, -0.05) is 89.3 Å². The predicted molar refractivity (Wildman–Crippen MR) is 237 cm³/mol. The Morgan fingerprint density at radius 2 is 1.44 bits per heavy atom. The van der Waals surface area contributed by atoms with Gasteiger partial charge >= 0.3 is 12.2 Å². The van der Waals surface area contributed by atoms with Gasteiger partial charge in [-0.25, -0.2) is 19.6 Å². The highest BCUT2D eigenvalue weighted by Gasteiger charge is 2.54. The molecule has 322 valence electrons. The zero-order valence-corrected chi connectivity index (χ0v) is 37.4. The van der Waals surface area contributed by atoms with Crippen molar-refractivity contribution in [3.05, 3.63) is 72.4 Å². The van der Waals surface area contributed by atoms with E-state index in [2.05, 4.69) is 82.2 Å². The number of aromatic nitrogens is 4. The molecule has 14 nitrogen and oxygen atoms in total. The molecule has 2 aromatic heterocycles. The highest BCUT2D eigenvalue weighted by molar-refractivity contribution is 6.78. The number of aromatic amines is 2. The molecule has 3 aliphatic rings. The molecule has 0 aliphatic carbocycles. The average molecular weight is 847 g/mol. The first-order valence-electron chi connectivity index (χ1n) is 21.6. The second-order valence-electron chi connectivity index (χ2n) is 18.6. The lowest BCUT2D eigenvalue weighted by atomic mass is 9.99. The van der Waals surface area contributed by atoms with Crippen molar-refractivity contribution in [3.63, 3.8) is 0 Å². The third-order valence-corrected chi connectivity index (χ3v) is 16.3. The summed E-state index contributed by atoms with van der Waals surface area (Å²) in [6.45, 7) is 13.1. The molecule has 3 aromatic carbocycles. The summed E-state index contributed by atoms with van der Waals surface area (Å²) in [5.74, 6) is 1.49. The van der Waals surface area contributed by atoms with Gasteiger partial charge in [0.2, 0.25) is 11.8 Å². The van der Waals surface area contributed by atoms with Crippen LogP contribution in [0.2, 0.25) is 25.2 Å². The molecule has 4 N–H and O–H groups in total. The maximum atomic E-state index is 14.3. The van der Waals surface area contributed by atoms with Gasteiger partial charge < -0.3 is 39.9 Å². The molecule has 0 bridgehead atoms. The summed E-state index contributed by atoms with van der Waals surface area (Å²) in [4.78, 5) is 73.3. The fourth-order valence-corrected chi connectivity index (χ4v) is 13.8. The monoisotopic (exact) mass is 846 g/mol. The van der Waals surface area contributed by atoms with Gasteiger partial charge in [0, 0.05) is 26.0 Å². The van der Waals surface area contributed by atoms with E-state index in [-0.39, 0.29) is 41.8 Å². The predicted octanol–water partition coefficient (Wildman–Crippen LogP) is 8.18. The molecular weight excluding hydrogens is 789 g/mol. The van der Waals surface area contributed by atoms with Gasteiger partial charge in [0.15, 0.2) is 0 Å². The van der Waals surface area contributed by atoms with Crippen molar-refractivity contribution in [2.24, 2.45) is 17.8 Å². The van der Waals surface area contributed by atoms with E-state index in [1.165, 1.54) is 20.3 Å². The van der Waals surface area contributed by atoms with Gasteiger partial charge in [-0.3, -0.25) is 9.59 Å². The average Bonchev–Trinajstić information content (AvgIpc) is 4.09. The van der Waals surface area contributed by atoms with Crippen LogP contribution in [0.1, 0.15) is 70.7 Å². The lowest BCUT2D eigenvalue weighted by molar-refractivity contribution is -0.137. The normalized spacial score (nSPS) is 21.9. The molecule has 8 rings (SSSR count). The summed E-state index contributed by atoms with van der Waals surface area (Å²) < 4.78 is 9.68. The molecule has 5 heterocycles. The number of hydrogen-bond acceptors (Lipinski definition) is 8. The van der Waals surface area contributed by atoms with Crippen molar-refractivity contribution in [1.82, 2.24) is 40.4 Å². The number of rotatable bonds is 10. The molecular formula is C46H58N8O6Si. The molecule has 0 radical (unpaired) electrons. The maximum Gasteiger partial charge on any atom is 0.407 e. The number of fused-ring (bicyclic) bond motifs is 4. The van der Waals surface area contributed by atoms with E-state index >= 15 is 0 Å². The molecule has 3 unspecified atom stereocenters. The van der Waals surface area contributed by atoms with Gasteiger partial charge in [-0.2, -0.15) is 0 Å². The number of hydrogen-bond donors (Lipinski definition) is 4. The van der Waals surface area contributed by atoms with Gasteiger partial charge in [0.1, 0.15) is 23.7 Å². The van der Waals surface area contributed by atoms with Crippen molar-refractivity contribution >= 4 is 53.9 Å². The topological polar surface area (TPSA) is 175 Å². The Morgan fingerprint density at radius 3 is 2.11 bits per heavy atom. The zero-order chi connectivity index (χ0) is 43.3. The number of nitrogens with one attached hydrogen (secondary N) is 4. The summed E-state index contributed by atoms with van der Waals surface area (Å²) in [5.41, 5.74) is 5.77. The Hall–Kier alpha value is -5.70. The van der Waals surface area contributed by atoms with Crippen LogP contribution in [0.4, 0.5) is 9.59 Å². The number of carbonyl (C=O) groups is 4. The lowest BCUT2D eigenvalue weighted by Crippen LogP contribution is -2.53. The highest BCUT2D eigenvalue weighted by atomic mass is 28.3. The second kappa shape index (κ2) is 16.6. The molecule has 61 heavy (non-hydrogen) atoms. The van der Waals surface area contributed by atoms with Gasteiger partial charge in [-0.05, 0) is 77.3 Å². The van der Waals surface area contributed by atoms with E-state index in [0.717, 1.165) is 81.1 Å². The molecule has 3 fully saturated rings. The van der Waals surface area contributed by atoms with Crippen LogP contribution in [-0.4, -0.2) is 101 Å². The van der Waals surface area contributed by atoms with Crippen LogP contribution < -0.4 is 10.6 Å². The molecule has 0 saturated carbocycles. The minimum Gasteiger partial charge on any atom is -0.453 e. The lowest BCUT2D eigenvalue weighted by Gasteiger charge is -2.34. The summed E-state index contributed by atoms with van der Waals surface area (Å²) >= 11 is 0. The van der Waals surface area contributed by atoms with Crippen LogP contribution in [0.15, 0.2) is 60.8 Å². The smallest absolute Gasteiger partial charge is 0.407 e. The van der Waals surface area contributed by atoms with Crippen LogP contribution in [0.25, 0.3) is 44.2 Å². The Kier molecular flexibility index (Phi) is 11.5. The van der Waals surface area contributed by atoms with Gasteiger partial charge in [-0.15, -0.1) is 0 Å². The first-order valence-corrected chi connectivity index (χ1v) is 25.0. The third-order valence-electron chi connectivity index (χ3n) is 13.2. The first-order chi connectivity index (χ1) is 29.2. The van der Waals surface area contributed by atoms with Crippen molar-refractivity contribution in [2.75, 3.05) is 20.8 Å². The van der Waals surface area contributed by atoms with E-state index in [9.17, 15) is 19.2 Å². The zero-order valence-electron chi connectivity index (χ0n) is 36.4. The molecule has 3 saturated heterocycles. The quantitative estimate of drug-likeness (QED) is 0.102. The van der Waals surface area contributed by atoms with Crippen LogP contribution in [0, 0.1) is 17.8 Å². The fourth-order valence-electron chi connectivity index (χ4n) is 10.1. The number of H-pyrrole nitrogens is 2. The molecule has 3 aliphatic heterocycles. The highest BCUT2D eigenvalue weighted by Crippen LogP contribution is 2.51. The standard InChI is InChI=1S/C46H58N8O6Si/c1-25(2)38(51-45(57)59-5)43(55)53-19-9-10-35(53)42-48-33-18-16-30-20-29(15-17-32(30)40(33)50-42)27-11-13-28(14-12-27)34-22-47-41(49-34)36-21-31-23-61(7,8)24-37(31)54(36)44(56)39(26(3)4)52-46(58)60-6/h11-18,20,22,25-26,31,35-39H,9-10,19,21,23-24H2,1-8H3,(H,47,49)(H,48,50)(H,51,57)(H,52,58)/t31?,35-,36-,37?,38-,39?/m0/s1. The molecule has 5 aromatic rings. The van der Waals surface area contributed by atoms with Crippen molar-refractivity contribution < 1.29 is 28.7 Å². The molecule has 6 atom stereocenters. The Labute approximate surface area is 357 Å². The number of amides is 4.